The topological polar surface area (TPSA) is 30.5 Å². The Kier molecular flexibility index (Phi) is 5.08. The Morgan fingerprint density at radius 3 is 2.47 bits per heavy atom. The maximum absolute atomic E-state index is 5.35. The van der Waals surface area contributed by atoms with Gasteiger partial charge in [-0.2, -0.15) is 0 Å². The molecule has 0 saturated heterocycles. The summed E-state index contributed by atoms with van der Waals surface area (Å²) in [5, 5.41) is 3.63. The van der Waals surface area contributed by atoms with Crippen molar-refractivity contribution in [1.29, 1.82) is 0 Å². The van der Waals surface area contributed by atoms with Crippen LogP contribution in [0, 0.1) is 5.92 Å². The second-order valence-corrected chi connectivity index (χ2v) is 5.39. The van der Waals surface area contributed by atoms with E-state index in [-0.39, 0.29) is 0 Å². The van der Waals surface area contributed by atoms with Gasteiger partial charge >= 0.3 is 0 Å². The fraction of sp³-hybridized carbons (Fsp3) is 0.625. The maximum atomic E-state index is 5.35. The van der Waals surface area contributed by atoms with Crippen LogP contribution in [0.1, 0.15) is 44.2 Å². The molecule has 0 aromatic heterocycles. The van der Waals surface area contributed by atoms with Gasteiger partial charge in [0.2, 0.25) is 0 Å². The summed E-state index contributed by atoms with van der Waals surface area (Å²) < 4.78 is 10.6. The summed E-state index contributed by atoms with van der Waals surface area (Å²) in [6.45, 7) is 3.33. The van der Waals surface area contributed by atoms with E-state index in [9.17, 15) is 0 Å². The van der Waals surface area contributed by atoms with Gasteiger partial charge in [-0.05, 0) is 49.9 Å². The molecule has 106 valence electrons. The minimum absolute atomic E-state index is 0.348. The molecule has 3 nitrogen and oxygen atoms in total. The smallest absolute Gasteiger partial charge is 0.161 e. The number of benzene rings is 1. The highest BCUT2D eigenvalue weighted by Crippen LogP contribution is 2.30. The van der Waals surface area contributed by atoms with Gasteiger partial charge in [0.25, 0.3) is 0 Å². The highest BCUT2D eigenvalue weighted by molar-refractivity contribution is 5.43. The average molecular weight is 263 g/mol. The van der Waals surface area contributed by atoms with Crippen LogP contribution in [-0.4, -0.2) is 20.8 Å². The molecule has 0 heterocycles. The van der Waals surface area contributed by atoms with E-state index in [1.54, 1.807) is 14.2 Å². The van der Waals surface area contributed by atoms with Gasteiger partial charge in [-0.3, -0.25) is 0 Å². The maximum Gasteiger partial charge on any atom is 0.161 e. The van der Waals surface area contributed by atoms with E-state index in [1.165, 1.54) is 31.2 Å². The van der Waals surface area contributed by atoms with Crippen molar-refractivity contribution in [2.75, 3.05) is 20.8 Å². The van der Waals surface area contributed by atoms with Gasteiger partial charge in [0.05, 0.1) is 14.2 Å². The van der Waals surface area contributed by atoms with Gasteiger partial charge in [-0.25, -0.2) is 0 Å². The molecule has 2 rings (SSSR count). The van der Waals surface area contributed by atoms with Crippen molar-refractivity contribution >= 4 is 0 Å². The predicted molar refractivity (Wildman–Crippen MR) is 77.9 cm³/mol. The summed E-state index contributed by atoms with van der Waals surface area (Å²) in [6, 6.07) is 6.49. The summed E-state index contributed by atoms with van der Waals surface area (Å²) in [7, 11) is 3.34. The average Bonchev–Trinajstić information content (AvgIpc) is 2.97. The normalized spacial score (nSPS) is 17.4. The molecule has 0 spiro atoms. The lowest BCUT2D eigenvalue weighted by atomic mass is 10.0. The van der Waals surface area contributed by atoms with Gasteiger partial charge < -0.3 is 14.8 Å². The van der Waals surface area contributed by atoms with Crippen molar-refractivity contribution in [3.8, 4) is 11.5 Å². The summed E-state index contributed by atoms with van der Waals surface area (Å²) in [5.74, 6) is 2.45. The highest BCUT2D eigenvalue weighted by Gasteiger charge is 2.16. The van der Waals surface area contributed by atoms with Crippen LogP contribution < -0.4 is 14.8 Å². The van der Waals surface area contributed by atoms with Crippen molar-refractivity contribution < 1.29 is 9.47 Å². The molecule has 1 unspecified atom stereocenters. The van der Waals surface area contributed by atoms with Crippen LogP contribution in [0.2, 0.25) is 0 Å². The number of nitrogens with one attached hydrogen (secondary N) is 1. The minimum Gasteiger partial charge on any atom is -0.493 e. The lowest BCUT2D eigenvalue weighted by Gasteiger charge is -2.18. The Hall–Kier alpha value is -1.22. The van der Waals surface area contributed by atoms with Crippen LogP contribution in [0.25, 0.3) is 0 Å². The van der Waals surface area contributed by atoms with Gasteiger partial charge in [-0.1, -0.05) is 18.9 Å². The molecule has 1 fully saturated rings. The van der Waals surface area contributed by atoms with Crippen molar-refractivity contribution in [3.63, 3.8) is 0 Å². The Morgan fingerprint density at radius 1 is 1.16 bits per heavy atom. The second-order valence-electron chi connectivity index (χ2n) is 5.39. The van der Waals surface area contributed by atoms with E-state index < -0.39 is 0 Å². The van der Waals surface area contributed by atoms with E-state index in [0.717, 1.165) is 24.0 Å². The van der Waals surface area contributed by atoms with Crippen molar-refractivity contribution in [3.05, 3.63) is 23.8 Å². The molecular formula is C16H25NO2. The first-order valence-corrected chi connectivity index (χ1v) is 7.20. The Morgan fingerprint density at radius 2 is 1.84 bits per heavy atom. The van der Waals surface area contributed by atoms with Gasteiger partial charge in [0.15, 0.2) is 11.5 Å². The van der Waals surface area contributed by atoms with E-state index in [4.69, 9.17) is 9.47 Å². The molecule has 0 radical (unpaired) electrons. The Balaban J connectivity index is 1.95. The molecule has 1 saturated carbocycles. The zero-order valence-electron chi connectivity index (χ0n) is 12.2. The van der Waals surface area contributed by atoms with Crippen LogP contribution in [-0.2, 0) is 0 Å². The molecule has 1 aromatic carbocycles. The third kappa shape index (κ3) is 3.63. The van der Waals surface area contributed by atoms with E-state index in [2.05, 4.69) is 24.4 Å². The summed E-state index contributed by atoms with van der Waals surface area (Å²) >= 11 is 0. The lowest BCUT2D eigenvalue weighted by molar-refractivity contribution is 0.353. The lowest BCUT2D eigenvalue weighted by Crippen LogP contribution is -2.24. The second kappa shape index (κ2) is 6.80. The number of hydrogen-bond donors (Lipinski definition) is 1. The molecule has 1 atom stereocenters. The number of rotatable bonds is 6. The zero-order chi connectivity index (χ0) is 13.7. The third-order valence-corrected chi connectivity index (χ3v) is 4.10. The minimum atomic E-state index is 0.348. The van der Waals surface area contributed by atoms with E-state index in [1.807, 2.05) is 6.07 Å². The molecule has 19 heavy (non-hydrogen) atoms. The van der Waals surface area contributed by atoms with Crippen LogP contribution in [0.4, 0.5) is 0 Å². The van der Waals surface area contributed by atoms with Crippen molar-refractivity contribution in [1.82, 2.24) is 5.32 Å². The first-order chi connectivity index (χ1) is 9.24. The fourth-order valence-electron chi connectivity index (χ4n) is 2.80. The molecule has 0 aliphatic heterocycles. The zero-order valence-corrected chi connectivity index (χ0v) is 12.2. The summed E-state index contributed by atoms with van der Waals surface area (Å²) in [5.41, 5.74) is 1.25. The van der Waals surface area contributed by atoms with Crippen LogP contribution in [0.3, 0.4) is 0 Å². The van der Waals surface area contributed by atoms with Gasteiger partial charge in [-0.15, -0.1) is 0 Å². The Bertz CT molecular complexity index is 400. The molecular weight excluding hydrogens is 238 g/mol. The molecule has 1 aromatic rings. The number of methoxy groups -OCH3 is 2. The highest BCUT2D eigenvalue weighted by atomic mass is 16.5. The van der Waals surface area contributed by atoms with Crippen LogP contribution in [0.15, 0.2) is 18.2 Å². The SMILES string of the molecule is COc1ccc(C(C)NCC2CCCC2)cc1OC. The molecule has 1 N–H and O–H groups in total. The number of hydrogen-bond acceptors (Lipinski definition) is 3. The van der Waals surface area contributed by atoms with Crippen molar-refractivity contribution in [2.45, 2.75) is 38.6 Å². The Labute approximate surface area is 116 Å². The monoisotopic (exact) mass is 263 g/mol. The summed E-state index contributed by atoms with van der Waals surface area (Å²) in [4.78, 5) is 0. The van der Waals surface area contributed by atoms with Crippen LogP contribution in [0.5, 0.6) is 11.5 Å². The van der Waals surface area contributed by atoms with E-state index in [0.29, 0.717) is 6.04 Å². The van der Waals surface area contributed by atoms with Crippen molar-refractivity contribution in [2.24, 2.45) is 5.92 Å². The molecule has 1 aliphatic rings. The fourth-order valence-corrected chi connectivity index (χ4v) is 2.80. The molecule has 3 heteroatoms. The summed E-state index contributed by atoms with van der Waals surface area (Å²) in [6.07, 6.45) is 5.56. The van der Waals surface area contributed by atoms with Gasteiger partial charge in [0.1, 0.15) is 0 Å². The number of ether oxygens (including phenoxy) is 2. The van der Waals surface area contributed by atoms with E-state index >= 15 is 0 Å². The quantitative estimate of drug-likeness (QED) is 0.851. The first kappa shape index (κ1) is 14.2. The molecule has 0 bridgehead atoms. The first-order valence-electron chi connectivity index (χ1n) is 7.20. The largest absolute Gasteiger partial charge is 0.493 e. The predicted octanol–water partition coefficient (Wildman–Crippen LogP) is 3.54. The molecule has 1 aliphatic carbocycles. The van der Waals surface area contributed by atoms with Gasteiger partial charge in [0, 0.05) is 6.04 Å². The standard InChI is InChI=1S/C16H25NO2/c1-12(17-11-13-6-4-5-7-13)14-8-9-15(18-2)16(10-14)19-3/h8-10,12-13,17H,4-7,11H2,1-3H3. The molecule has 0 amide bonds. The third-order valence-electron chi connectivity index (χ3n) is 4.10. The van der Waals surface area contributed by atoms with Crippen LogP contribution >= 0.6 is 0 Å².